The van der Waals surface area contributed by atoms with Crippen LogP contribution in [-0.4, -0.2) is 24.1 Å². The second-order valence-corrected chi connectivity index (χ2v) is 4.24. The van der Waals surface area contributed by atoms with Crippen LogP contribution < -0.4 is 0 Å². The van der Waals surface area contributed by atoms with Crippen molar-refractivity contribution in [3.63, 3.8) is 0 Å². The van der Waals surface area contributed by atoms with E-state index in [9.17, 15) is 19.7 Å². The molecule has 0 N–H and O–H groups in total. The smallest absolute Gasteiger partial charge is 0.373 e. The monoisotopic (exact) mass is 333 g/mol. The highest BCUT2D eigenvalue weighted by Gasteiger charge is 2.08. The van der Waals surface area contributed by atoms with Crippen molar-refractivity contribution in [2.24, 2.45) is 0 Å². The number of benzene rings is 2. The maximum atomic E-state index is 10.9. The lowest BCUT2D eigenvalue weighted by Crippen LogP contribution is -2.09. The van der Waals surface area contributed by atoms with Gasteiger partial charge in [0.2, 0.25) is 0 Å². The largest absolute Gasteiger partial charge is 0.468 e. The van der Waals surface area contributed by atoms with E-state index in [1.807, 2.05) is 30.3 Å². The fourth-order valence-corrected chi connectivity index (χ4v) is 1.56. The van der Waals surface area contributed by atoms with Gasteiger partial charge < -0.3 is 4.74 Å². The van der Waals surface area contributed by atoms with Gasteiger partial charge in [-0.2, -0.15) is 0 Å². The van der Waals surface area contributed by atoms with Gasteiger partial charge >= 0.3 is 11.1 Å². The summed E-state index contributed by atoms with van der Waals surface area (Å²) in [6.07, 6.45) is 0.791. The average molecular weight is 333 g/mol. The van der Waals surface area contributed by atoms with E-state index in [2.05, 4.69) is 14.6 Å². The van der Waals surface area contributed by atoms with Gasteiger partial charge in [-0.15, -0.1) is 10.1 Å². The molecular formula is C16H15NO7. The Bertz CT molecular complexity index is 631. The van der Waals surface area contributed by atoms with Crippen molar-refractivity contribution in [1.82, 2.24) is 0 Å². The van der Waals surface area contributed by atoms with Crippen LogP contribution in [0, 0.1) is 10.1 Å². The summed E-state index contributed by atoms with van der Waals surface area (Å²) >= 11 is 0. The lowest BCUT2D eigenvalue weighted by Gasteiger charge is -1.97. The summed E-state index contributed by atoms with van der Waals surface area (Å²) < 4.78 is 4.56. The third-order valence-electron chi connectivity index (χ3n) is 2.60. The van der Waals surface area contributed by atoms with Crippen molar-refractivity contribution in [2.45, 2.75) is 6.42 Å². The van der Waals surface area contributed by atoms with Crippen molar-refractivity contribution >= 4 is 12.4 Å². The van der Waals surface area contributed by atoms with Crippen LogP contribution in [-0.2, 0) is 25.8 Å². The molecule has 126 valence electrons. The van der Waals surface area contributed by atoms with Crippen LogP contribution in [0.4, 0.5) is 0 Å². The fourth-order valence-electron chi connectivity index (χ4n) is 1.56. The summed E-state index contributed by atoms with van der Waals surface area (Å²) in [5, 5.41) is 8.43. The predicted octanol–water partition coefficient (Wildman–Crippen LogP) is 2.37. The van der Waals surface area contributed by atoms with Crippen LogP contribution >= 0.6 is 0 Å². The van der Waals surface area contributed by atoms with Gasteiger partial charge in [-0.1, -0.05) is 53.5 Å². The lowest BCUT2D eigenvalue weighted by atomic mass is 10.2. The van der Waals surface area contributed by atoms with Crippen molar-refractivity contribution in [1.29, 1.82) is 0 Å². The first-order chi connectivity index (χ1) is 11.6. The highest BCUT2D eigenvalue weighted by Crippen LogP contribution is 2.01. The Kier molecular flexibility index (Phi) is 8.68. The molecular weight excluding hydrogens is 318 g/mol. The molecule has 0 radical (unpaired) electrons. The summed E-state index contributed by atoms with van der Waals surface area (Å²) in [6, 6.07) is 17.7. The van der Waals surface area contributed by atoms with Gasteiger partial charge in [0, 0.05) is 6.42 Å². The summed E-state index contributed by atoms with van der Waals surface area (Å²) in [6.45, 7) is 0.941. The van der Waals surface area contributed by atoms with Crippen molar-refractivity contribution < 1.29 is 29.3 Å². The molecule has 8 nitrogen and oxygen atoms in total. The molecule has 0 amide bonds. The number of nitrogens with zero attached hydrogens (tertiary/aromatic N) is 1. The highest BCUT2D eigenvalue weighted by atomic mass is 17.3. The lowest BCUT2D eigenvalue weighted by molar-refractivity contribution is -0.839. The molecule has 24 heavy (non-hydrogen) atoms. The average Bonchev–Trinajstić information content (AvgIpc) is 2.62. The molecule has 2 aromatic carbocycles. The molecule has 0 aromatic heterocycles. The summed E-state index contributed by atoms with van der Waals surface area (Å²) in [5.41, 5.74) is 1.37. The van der Waals surface area contributed by atoms with E-state index in [1.54, 1.807) is 18.2 Å². The number of hydrogen-bond donors (Lipinski definition) is 0. The number of hydrogen-bond acceptors (Lipinski definition) is 7. The Morgan fingerprint density at radius 1 is 1.04 bits per heavy atom. The van der Waals surface area contributed by atoms with E-state index in [1.165, 1.54) is 17.7 Å². The third-order valence-corrected chi connectivity index (χ3v) is 2.60. The zero-order chi connectivity index (χ0) is 17.6. The van der Waals surface area contributed by atoms with Gasteiger partial charge in [0.25, 0.3) is 6.47 Å². The molecule has 0 atom stereocenters. The van der Waals surface area contributed by atoms with Gasteiger partial charge in [-0.25, -0.2) is 4.79 Å². The van der Waals surface area contributed by atoms with Crippen molar-refractivity contribution in [3.05, 3.63) is 81.9 Å². The Morgan fingerprint density at radius 2 is 1.62 bits per heavy atom. The van der Waals surface area contributed by atoms with Gasteiger partial charge in [-0.3, -0.25) is 9.68 Å². The Morgan fingerprint density at radius 3 is 2.17 bits per heavy atom. The molecule has 0 aliphatic carbocycles. The predicted molar refractivity (Wildman–Crippen MR) is 82.1 cm³/mol. The van der Waals surface area contributed by atoms with Crippen LogP contribution in [0.2, 0.25) is 0 Å². The van der Waals surface area contributed by atoms with Crippen LogP contribution in [0.25, 0.3) is 0 Å². The summed E-state index contributed by atoms with van der Waals surface area (Å²) in [7, 11) is 0. The van der Waals surface area contributed by atoms with E-state index in [-0.39, 0.29) is 5.56 Å². The van der Waals surface area contributed by atoms with Crippen molar-refractivity contribution in [3.8, 4) is 0 Å². The fraction of sp³-hybridized carbons (Fsp3) is 0.125. The van der Waals surface area contributed by atoms with E-state index in [0.29, 0.717) is 13.1 Å². The number of rotatable bonds is 7. The first kappa shape index (κ1) is 18.6. The van der Waals surface area contributed by atoms with Gasteiger partial charge in [0.1, 0.15) is 0 Å². The maximum Gasteiger partial charge on any atom is 0.373 e. The van der Waals surface area contributed by atoms with Crippen LogP contribution in [0.3, 0.4) is 0 Å². The normalized spacial score (nSPS) is 9.00. The molecule has 0 spiro atoms. The highest BCUT2D eigenvalue weighted by molar-refractivity contribution is 5.88. The maximum absolute atomic E-state index is 10.9. The minimum Gasteiger partial charge on any atom is -0.468 e. The van der Waals surface area contributed by atoms with E-state index < -0.39 is 11.1 Å². The Labute approximate surface area is 137 Å². The topological polar surface area (TPSA) is 105 Å². The minimum atomic E-state index is -1.21. The molecule has 0 fully saturated rings. The zero-order valence-corrected chi connectivity index (χ0v) is 12.6. The Hall–Kier alpha value is -3.42. The number of ether oxygens (including phenoxy) is 1. The first-order valence-electron chi connectivity index (χ1n) is 6.81. The molecule has 2 rings (SSSR count). The van der Waals surface area contributed by atoms with E-state index >= 15 is 0 Å². The summed E-state index contributed by atoms with van der Waals surface area (Å²) in [5.74, 6) is -0.905. The van der Waals surface area contributed by atoms with Gasteiger partial charge in [-0.05, 0) is 17.7 Å². The standard InChI is InChI=1S/C9H10O2.C7H5NO5/c10-8-11-7-6-9-4-2-1-3-5-9;9-7(12-13-8(10)11)6-4-2-1-3-5-6/h1-5,8H,6-7H2;1-5H. The SMILES string of the molecule is O=C(OO[N+](=O)[O-])c1ccccc1.O=COCCc1ccccc1. The number of carbonyl (C=O) groups excluding carboxylic acids is 2. The number of carbonyl (C=O) groups is 2. The third kappa shape index (κ3) is 8.13. The molecule has 0 heterocycles. The quantitative estimate of drug-likeness (QED) is 0.252. The molecule has 8 heteroatoms. The summed E-state index contributed by atoms with van der Waals surface area (Å²) in [4.78, 5) is 37.6. The molecule has 2 aromatic rings. The molecule has 0 saturated carbocycles. The van der Waals surface area contributed by atoms with Gasteiger partial charge in [0.05, 0.1) is 12.2 Å². The Balaban J connectivity index is 0.000000243. The second kappa shape index (κ2) is 11.2. The van der Waals surface area contributed by atoms with E-state index in [0.717, 1.165) is 6.42 Å². The van der Waals surface area contributed by atoms with E-state index in [4.69, 9.17) is 0 Å². The molecule has 0 bridgehead atoms. The first-order valence-corrected chi connectivity index (χ1v) is 6.81. The second-order valence-electron chi connectivity index (χ2n) is 4.24. The molecule has 0 unspecified atom stereocenters. The minimum absolute atomic E-state index is 0.185. The van der Waals surface area contributed by atoms with Crippen LogP contribution in [0.1, 0.15) is 15.9 Å². The molecule has 0 aliphatic rings. The molecule has 0 saturated heterocycles. The molecule has 0 aliphatic heterocycles. The van der Waals surface area contributed by atoms with Crippen LogP contribution in [0.15, 0.2) is 60.7 Å². The van der Waals surface area contributed by atoms with Crippen molar-refractivity contribution in [2.75, 3.05) is 6.61 Å². The van der Waals surface area contributed by atoms with Gasteiger partial charge in [0.15, 0.2) is 0 Å². The van der Waals surface area contributed by atoms with Crippen LogP contribution in [0.5, 0.6) is 0 Å². The zero-order valence-electron chi connectivity index (χ0n) is 12.6.